The molecule has 2 rings (SSSR count). The third-order valence-corrected chi connectivity index (χ3v) is 2.69. The van der Waals surface area contributed by atoms with Crippen molar-refractivity contribution in [2.45, 2.75) is 12.2 Å². The molecule has 1 atom stereocenters. The number of hydrogen-bond acceptors (Lipinski definition) is 3. The number of furan rings is 1. The van der Waals surface area contributed by atoms with E-state index in [1.54, 1.807) is 0 Å². The van der Waals surface area contributed by atoms with Gasteiger partial charge in [0.25, 0.3) is 0 Å². The number of halogens is 5. The second-order valence-electron chi connectivity index (χ2n) is 3.79. The van der Waals surface area contributed by atoms with Gasteiger partial charge in [0, 0.05) is 31.7 Å². The largest absolute Gasteiger partial charge is 0.472 e. The van der Waals surface area contributed by atoms with Crippen LogP contribution in [0.1, 0.15) is 11.6 Å². The van der Waals surface area contributed by atoms with Crippen LogP contribution in [0, 0.1) is 0 Å². The molecule has 3 nitrogen and oxygen atoms in total. The number of alkyl halides is 3. The van der Waals surface area contributed by atoms with E-state index in [-0.39, 0.29) is 30.4 Å². The molecule has 0 aromatic carbocycles. The van der Waals surface area contributed by atoms with Crippen molar-refractivity contribution in [3.8, 4) is 0 Å². The fourth-order valence-electron chi connectivity index (χ4n) is 1.98. The normalized spacial score (nSPS) is 18.6. The molecule has 0 bridgehead atoms. The minimum Gasteiger partial charge on any atom is -0.472 e. The molecular weight excluding hydrogens is 292 g/mol. The maximum absolute atomic E-state index is 13.0. The summed E-state index contributed by atoms with van der Waals surface area (Å²) in [6, 6.07) is -0.173. The highest BCUT2D eigenvalue weighted by Crippen LogP contribution is 2.37. The topological polar surface area (TPSA) is 28.4 Å². The number of nitrogens with one attached hydrogen (secondary N) is 1. The highest BCUT2D eigenvalue weighted by Gasteiger charge is 2.45. The standard InChI is InChI=1S/C10H13F3N2O.2ClH/c11-10(12,13)9(8-1-6-16-7-8)15-4-2-14-3-5-15;;/h1,6-7,9,14H,2-5H2;2*1H/t9-;;/m0../s1. The molecule has 1 aromatic rings. The van der Waals surface area contributed by atoms with Gasteiger partial charge in [0.2, 0.25) is 0 Å². The maximum atomic E-state index is 13.0. The first-order valence-corrected chi connectivity index (χ1v) is 5.12. The molecule has 1 aromatic heterocycles. The quantitative estimate of drug-likeness (QED) is 0.910. The van der Waals surface area contributed by atoms with E-state index in [1.807, 2.05) is 0 Å². The molecule has 0 spiro atoms. The Balaban J connectivity index is 0.00000144. The van der Waals surface area contributed by atoms with E-state index in [0.717, 1.165) is 0 Å². The Hall–Kier alpha value is -0.430. The van der Waals surface area contributed by atoms with Crippen molar-refractivity contribution in [1.29, 1.82) is 0 Å². The zero-order valence-corrected chi connectivity index (χ0v) is 11.1. The summed E-state index contributed by atoms with van der Waals surface area (Å²) in [6.07, 6.45) is -1.82. The van der Waals surface area contributed by atoms with Gasteiger partial charge >= 0.3 is 6.18 Å². The van der Waals surface area contributed by atoms with Crippen molar-refractivity contribution < 1.29 is 17.6 Å². The molecule has 1 fully saturated rings. The lowest BCUT2D eigenvalue weighted by Crippen LogP contribution is -2.48. The van der Waals surface area contributed by atoms with E-state index in [9.17, 15) is 13.2 Å². The summed E-state index contributed by atoms with van der Waals surface area (Å²) in [7, 11) is 0. The van der Waals surface area contributed by atoms with E-state index in [1.165, 1.54) is 23.5 Å². The van der Waals surface area contributed by atoms with Gasteiger partial charge in [0.15, 0.2) is 0 Å². The fraction of sp³-hybridized carbons (Fsp3) is 0.600. The van der Waals surface area contributed by atoms with Crippen LogP contribution in [-0.2, 0) is 0 Å². The zero-order chi connectivity index (χ0) is 11.6. The summed E-state index contributed by atoms with van der Waals surface area (Å²) in [4.78, 5) is 1.43. The Labute approximate surface area is 116 Å². The molecule has 0 aliphatic carbocycles. The first-order valence-electron chi connectivity index (χ1n) is 5.12. The molecule has 106 valence electrons. The molecule has 8 heteroatoms. The summed E-state index contributed by atoms with van der Waals surface area (Å²) in [5.74, 6) is 0. The van der Waals surface area contributed by atoms with E-state index in [2.05, 4.69) is 5.32 Å². The van der Waals surface area contributed by atoms with Gasteiger partial charge in [-0.05, 0) is 6.07 Å². The molecule has 18 heavy (non-hydrogen) atoms. The minimum atomic E-state index is -4.26. The van der Waals surface area contributed by atoms with Crippen LogP contribution in [0.3, 0.4) is 0 Å². The average molecular weight is 307 g/mol. The van der Waals surface area contributed by atoms with E-state index < -0.39 is 12.2 Å². The van der Waals surface area contributed by atoms with E-state index in [4.69, 9.17) is 4.42 Å². The van der Waals surface area contributed by atoms with Crippen molar-refractivity contribution in [2.24, 2.45) is 0 Å². The van der Waals surface area contributed by atoms with Gasteiger partial charge in [0.05, 0.1) is 12.5 Å². The summed E-state index contributed by atoms with van der Waals surface area (Å²) in [5.41, 5.74) is 0.175. The second-order valence-corrected chi connectivity index (χ2v) is 3.79. The Morgan fingerprint density at radius 2 is 1.83 bits per heavy atom. The summed E-state index contributed by atoms with van der Waals surface area (Å²) >= 11 is 0. The highest BCUT2D eigenvalue weighted by atomic mass is 35.5. The van der Waals surface area contributed by atoms with Crippen molar-refractivity contribution >= 4 is 24.8 Å². The van der Waals surface area contributed by atoms with Crippen molar-refractivity contribution in [3.63, 3.8) is 0 Å². The monoisotopic (exact) mass is 306 g/mol. The number of hydrogen-bond donors (Lipinski definition) is 1. The molecule has 0 unspecified atom stereocenters. The molecule has 1 N–H and O–H groups in total. The van der Waals surface area contributed by atoms with Crippen LogP contribution >= 0.6 is 24.8 Å². The van der Waals surface area contributed by atoms with Crippen LogP contribution in [0.5, 0.6) is 0 Å². The van der Waals surface area contributed by atoms with Crippen LogP contribution < -0.4 is 5.32 Å². The van der Waals surface area contributed by atoms with Gasteiger partial charge in [-0.3, -0.25) is 4.90 Å². The fourth-order valence-corrected chi connectivity index (χ4v) is 1.98. The zero-order valence-electron chi connectivity index (χ0n) is 9.44. The van der Waals surface area contributed by atoms with E-state index in [0.29, 0.717) is 26.2 Å². The number of piperazine rings is 1. The minimum absolute atomic E-state index is 0. The summed E-state index contributed by atoms with van der Waals surface area (Å²) < 4.78 is 43.6. The Morgan fingerprint density at radius 1 is 1.22 bits per heavy atom. The van der Waals surface area contributed by atoms with Gasteiger partial charge in [-0.15, -0.1) is 24.8 Å². The number of nitrogens with zero attached hydrogens (tertiary/aromatic N) is 1. The van der Waals surface area contributed by atoms with Gasteiger partial charge in [-0.25, -0.2) is 0 Å². The van der Waals surface area contributed by atoms with Crippen molar-refractivity contribution in [1.82, 2.24) is 10.2 Å². The predicted octanol–water partition coefficient (Wildman–Crippen LogP) is 2.63. The van der Waals surface area contributed by atoms with Gasteiger partial charge in [0.1, 0.15) is 6.04 Å². The van der Waals surface area contributed by atoms with E-state index >= 15 is 0 Å². The first-order chi connectivity index (χ1) is 7.59. The molecule has 0 radical (unpaired) electrons. The van der Waals surface area contributed by atoms with Crippen LogP contribution in [0.2, 0.25) is 0 Å². The molecule has 0 saturated carbocycles. The van der Waals surface area contributed by atoms with Crippen LogP contribution in [-0.4, -0.2) is 37.3 Å². The smallest absolute Gasteiger partial charge is 0.408 e. The molecular formula is C10H15Cl2F3N2O. The third-order valence-electron chi connectivity index (χ3n) is 2.69. The third kappa shape index (κ3) is 4.05. The summed E-state index contributed by atoms with van der Waals surface area (Å²) in [6.45, 7) is 1.97. The molecule has 1 aliphatic rings. The van der Waals surface area contributed by atoms with Crippen LogP contribution in [0.4, 0.5) is 13.2 Å². The molecule has 1 aliphatic heterocycles. The van der Waals surface area contributed by atoms with Gasteiger partial charge < -0.3 is 9.73 Å². The van der Waals surface area contributed by atoms with Crippen molar-refractivity contribution in [2.75, 3.05) is 26.2 Å². The first kappa shape index (κ1) is 17.6. The average Bonchev–Trinajstić information content (AvgIpc) is 2.71. The lowest BCUT2D eigenvalue weighted by atomic mass is 10.1. The molecule has 1 saturated heterocycles. The van der Waals surface area contributed by atoms with Crippen LogP contribution in [0.15, 0.2) is 23.0 Å². The Morgan fingerprint density at radius 3 is 2.28 bits per heavy atom. The Bertz CT molecular complexity index is 326. The lowest BCUT2D eigenvalue weighted by molar-refractivity contribution is -0.188. The van der Waals surface area contributed by atoms with Crippen LogP contribution in [0.25, 0.3) is 0 Å². The molecule has 0 amide bonds. The van der Waals surface area contributed by atoms with Crippen molar-refractivity contribution in [3.05, 3.63) is 24.2 Å². The second kappa shape index (κ2) is 7.23. The van der Waals surface area contributed by atoms with Gasteiger partial charge in [-0.1, -0.05) is 0 Å². The molecule has 2 heterocycles. The SMILES string of the molecule is Cl.Cl.FC(F)(F)[C@H](c1ccoc1)N1CCNCC1. The van der Waals surface area contributed by atoms with Gasteiger partial charge in [-0.2, -0.15) is 13.2 Å². The maximum Gasteiger partial charge on any atom is 0.408 e. The highest BCUT2D eigenvalue weighted by molar-refractivity contribution is 5.85. The Kier molecular flexibility index (Phi) is 7.06. The lowest BCUT2D eigenvalue weighted by Gasteiger charge is -2.35. The predicted molar refractivity (Wildman–Crippen MR) is 66.4 cm³/mol. The summed E-state index contributed by atoms with van der Waals surface area (Å²) in [5, 5.41) is 3.03. The number of rotatable bonds is 2.